The van der Waals surface area contributed by atoms with Gasteiger partial charge in [-0.05, 0) is 48.9 Å². The van der Waals surface area contributed by atoms with Crippen LogP contribution in [0.4, 0.5) is 0 Å². The Labute approximate surface area is 126 Å². The Hall–Kier alpha value is -1.55. The molecule has 116 valence electrons. The Bertz CT molecular complexity index is 478. The van der Waals surface area contributed by atoms with Crippen molar-refractivity contribution in [1.82, 2.24) is 0 Å². The van der Waals surface area contributed by atoms with Crippen LogP contribution in [0.15, 0.2) is 18.2 Å². The molecule has 0 bridgehead atoms. The highest BCUT2D eigenvalue weighted by atomic mass is 16.5. The second-order valence-corrected chi connectivity index (χ2v) is 5.49. The molecule has 1 saturated carbocycles. The van der Waals surface area contributed by atoms with E-state index in [1.807, 2.05) is 12.1 Å². The standard InChI is InChI=1S/C17H24O4/c1-3-21-17(19)16(18)13-9-10-15(20-2)14(11-13)12-7-5-4-6-8-12/h9-12,16,18H,3-8H2,1-2H3. The minimum absolute atomic E-state index is 0.265. The zero-order valence-electron chi connectivity index (χ0n) is 12.8. The van der Waals surface area contributed by atoms with Gasteiger partial charge in [0, 0.05) is 0 Å². The molecule has 0 saturated heterocycles. The third kappa shape index (κ3) is 3.76. The summed E-state index contributed by atoms with van der Waals surface area (Å²) in [6, 6.07) is 5.46. The summed E-state index contributed by atoms with van der Waals surface area (Å²) < 4.78 is 10.3. The van der Waals surface area contributed by atoms with Crippen molar-refractivity contribution < 1.29 is 19.4 Å². The number of aliphatic hydroxyl groups excluding tert-OH is 1. The van der Waals surface area contributed by atoms with Crippen molar-refractivity contribution in [3.8, 4) is 5.75 Å². The number of hydrogen-bond acceptors (Lipinski definition) is 4. The van der Waals surface area contributed by atoms with E-state index in [4.69, 9.17) is 9.47 Å². The number of aliphatic hydroxyl groups is 1. The van der Waals surface area contributed by atoms with Gasteiger partial charge in [0.1, 0.15) is 5.75 Å². The SMILES string of the molecule is CCOC(=O)C(O)c1ccc(OC)c(C2CCCCC2)c1. The third-order valence-corrected chi connectivity index (χ3v) is 4.12. The van der Waals surface area contributed by atoms with Gasteiger partial charge in [-0.2, -0.15) is 0 Å². The van der Waals surface area contributed by atoms with Crippen LogP contribution in [0.2, 0.25) is 0 Å². The summed E-state index contributed by atoms with van der Waals surface area (Å²) in [5, 5.41) is 10.1. The molecule has 4 heteroatoms. The van der Waals surface area contributed by atoms with Crippen LogP contribution in [0, 0.1) is 0 Å². The van der Waals surface area contributed by atoms with Crippen molar-refractivity contribution >= 4 is 5.97 Å². The zero-order chi connectivity index (χ0) is 15.2. The smallest absolute Gasteiger partial charge is 0.339 e. The van der Waals surface area contributed by atoms with Gasteiger partial charge in [-0.3, -0.25) is 0 Å². The molecule has 1 aromatic carbocycles. The summed E-state index contributed by atoms with van der Waals surface area (Å²) in [5.41, 5.74) is 1.67. The average molecular weight is 292 g/mol. The lowest BCUT2D eigenvalue weighted by Crippen LogP contribution is -2.16. The summed E-state index contributed by atoms with van der Waals surface area (Å²) in [7, 11) is 1.66. The average Bonchev–Trinajstić information content (AvgIpc) is 2.54. The van der Waals surface area contributed by atoms with Crippen molar-refractivity contribution in [3.05, 3.63) is 29.3 Å². The fourth-order valence-electron chi connectivity index (χ4n) is 3.01. The van der Waals surface area contributed by atoms with Gasteiger partial charge in [0.25, 0.3) is 0 Å². The second-order valence-electron chi connectivity index (χ2n) is 5.49. The molecule has 1 N–H and O–H groups in total. The van der Waals surface area contributed by atoms with Crippen molar-refractivity contribution in [2.24, 2.45) is 0 Å². The van der Waals surface area contributed by atoms with Gasteiger partial charge in [-0.25, -0.2) is 4.79 Å². The topological polar surface area (TPSA) is 55.8 Å². The first-order valence-electron chi connectivity index (χ1n) is 7.70. The third-order valence-electron chi connectivity index (χ3n) is 4.12. The lowest BCUT2D eigenvalue weighted by Gasteiger charge is -2.24. The fraction of sp³-hybridized carbons (Fsp3) is 0.588. The van der Waals surface area contributed by atoms with Crippen LogP contribution in [-0.4, -0.2) is 24.8 Å². The van der Waals surface area contributed by atoms with Crippen LogP contribution < -0.4 is 4.74 Å². The largest absolute Gasteiger partial charge is 0.496 e. The van der Waals surface area contributed by atoms with Crippen LogP contribution in [0.3, 0.4) is 0 Å². The molecule has 1 aromatic rings. The van der Waals surface area contributed by atoms with Crippen molar-refractivity contribution in [1.29, 1.82) is 0 Å². The van der Waals surface area contributed by atoms with Crippen LogP contribution in [0.5, 0.6) is 5.75 Å². The molecule has 0 heterocycles. The summed E-state index contributed by atoms with van der Waals surface area (Å²) in [5.74, 6) is 0.682. The van der Waals surface area contributed by atoms with E-state index in [0.717, 1.165) is 24.2 Å². The maximum Gasteiger partial charge on any atom is 0.339 e. The lowest BCUT2D eigenvalue weighted by atomic mass is 9.83. The monoisotopic (exact) mass is 292 g/mol. The van der Waals surface area contributed by atoms with Crippen molar-refractivity contribution in [3.63, 3.8) is 0 Å². The molecule has 21 heavy (non-hydrogen) atoms. The molecule has 0 aromatic heterocycles. The number of methoxy groups -OCH3 is 1. The van der Waals surface area contributed by atoms with Gasteiger partial charge in [0.05, 0.1) is 13.7 Å². The summed E-state index contributed by atoms with van der Waals surface area (Å²) in [6.45, 7) is 1.99. The van der Waals surface area contributed by atoms with E-state index in [1.54, 1.807) is 20.1 Å². The number of ether oxygens (including phenoxy) is 2. The normalized spacial score (nSPS) is 17.3. The van der Waals surface area contributed by atoms with E-state index in [1.165, 1.54) is 19.3 Å². The highest BCUT2D eigenvalue weighted by Gasteiger charge is 2.23. The van der Waals surface area contributed by atoms with Crippen molar-refractivity contribution in [2.75, 3.05) is 13.7 Å². The first kappa shape index (κ1) is 15.8. The summed E-state index contributed by atoms with van der Waals surface area (Å²) >= 11 is 0. The van der Waals surface area contributed by atoms with E-state index in [0.29, 0.717) is 11.5 Å². The van der Waals surface area contributed by atoms with Gasteiger partial charge in [0.15, 0.2) is 6.10 Å². The van der Waals surface area contributed by atoms with Gasteiger partial charge in [-0.15, -0.1) is 0 Å². The van der Waals surface area contributed by atoms with Gasteiger partial charge >= 0.3 is 5.97 Å². The molecule has 1 unspecified atom stereocenters. The lowest BCUT2D eigenvalue weighted by molar-refractivity contribution is -0.153. The van der Waals surface area contributed by atoms with E-state index in [9.17, 15) is 9.90 Å². The van der Waals surface area contributed by atoms with E-state index in [-0.39, 0.29) is 6.61 Å². The summed E-state index contributed by atoms with van der Waals surface area (Å²) in [4.78, 5) is 11.7. The fourth-order valence-corrected chi connectivity index (χ4v) is 3.01. The Balaban J connectivity index is 2.26. The molecule has 2 rings (SSSR count). The molecule has 1 fully saturated rings. The van der Waals surface area contributed by atoms with Gasteiger partial charge < -0.3 is 14.6 Å². The molecule has 4 nitrogen and oxygen atoms in total. The quantitative estimate of drug-likeness (QED) is 0.846. The Morgan fingerprint density at radius 2 is 2.05 bits per heavy atom. The Kier molecular flexibility index (Phi) is 5.62. The molecular formula is C17H24O4. The predicted octanol–water partition coefficient (Wildman–Crippen LogP) is 3.34. The Morgan fingerprint density at radius 3 is 2.67 bits per heavy atom. The highest BCUT2D eigenvalue weighted by molar-refractivity contribution is 5.76. The first-order valence-corrected chi connectivity index (χ1v) is 7.70. The predicted molar refractivity (Wildman–Crippen MR) is 80.4 cm³/mol. The first-order chi connectivity index (χ1) is 10.2. The molecule has 0 aliphatic heterocycles. The van der Waals surface area contributed by atoms with Crippen molar-refractivity contribution in [2.45, 2.75) is 51.0 Å². The Morgan fingerprint density at radius 1 is 1.33 bits per heavy atom. The molecular weight excluding hydrogens is 268 g/mol. The van der Waals surface area contributed by atoms with Crippen LogP contribution in [0.25, 0.3) is 0 Å². The molecule has 0 spiro atoms. The molecule has 1 aliphatic carbocycles. The number of rotatable bonds is 5. The van der Waals surface area contributed by atoms with Crippen LogP contribution >= 0.6 is 0 Å². The number of carbonyl (C=O) groups is 1. The maximum atomic E-state index is 11.7. The van der Waals surface area contributed by atoms with Gasteiger partial charge in [0.2, 0.25) is 0 Å². The van der Waals surface area contributed by atoms with Gasteiger partial charge in [-0.1, -0.05) is 25.3 Å². The van der Waals surface area contributed by atoms with E-state index < -0.39 is 12.1 Å². The maximum absolute atomic E-state index is 11.7. The van der Waals surface area contributed by atoms with Crippen LogP contribution in [0.1, 0.15) is 62.2 Å². The van der Waals surface area contributed by atoms with Crippen LogP contribution in [-0.2, 0) is 9.53 Å². The number of benzene rings is 1. The molecule has 1 atom stereocenters. The van der Waals surface area contributed by atoms with E-state index in [2.05, 4.69) is 0 Å². The number of carbonyl (C=O) groups excluding carboxylic acids is 1. The number of esters is 1. The second kappa shape index (κ2) is 7.46. The zero-order valence-corrected chi connectivity index (χ0v) is 12.8. The highest BCUT2D eigenvalue weighted by Crippen LogP contribution is 2.38. The minimum atomic E-state index is -1.22. The molecule has 1 aliphatic rings. The molecule has 0 amide bonds. The number of hydrogen-bond donors (Lipinski definition) is 1. The summed E-state index contributed by atoms with van der Waals surface area (Å²) in [6.07, 6.45) is 4.77. The minimum Gasteiger partial charge on any atom is -0.496 e. The van der Waals surface area contributed by atoms with E-state index >= 15 is 0 Å². The molecule has 0 radical (unpaired) electrons.